The molecule has 1 aliphatic heterocycles. The summed E-state index contributed by atoms with van der Waals surface area (Å²) in [5, 5.41) is 0. The van der Waals surface area contributed by atoms with Crippen LogP contribution < -0.4 is 10.6 Å². The van der Waals surface area contributed by atoms with E-state index in [1.807, 2.05) is 0 Å². The fraction of sp³-hybridized carbons (Fsp3) is 0.529. The zero-order valence-electron chi connectivity index (χ0n) is 14.8. The number of nitrogens with zero attached hydrogens (tertiary/aromatic N) is 2. The fourth-order valence-corrected chi connectivity index (χ4v) is 2.62. The summed E-state index contributed by atoms with van der Waals surface area (Å²) in [5.74, 6) is -2.35. The average molecular weight is 373 g/mol. The minimum atomic E-state index is -4.91. The van der Waals surface area contributed by atoms with Crippen LogP contribution in [0.3, 0.4) is 0 Å². The number of hydrogen-bond acceptors (Lipinski definition) is 5. The Kier molecular flexibility index (Phi) is 5.50. The van der Waals surface area contributed by atoms with Crippen LogP contribution in [-0.2, 0) is 9.53 Å². The van der Waals surface area contributed by atoms with E-state index < -0.39 is 29.8 Å². The van der Waals surface area contributed by atoms with Crippen LogP contribution in [0, 0.1) is 0 Å². The van der Waals surface area contributed by atoms with Crippen LogP contribution in [-0.4, -0.2) is 54.4 Å². The molecule has 1 atom stereocenters. The van der Waals surface area contributed by atoms with Gasteiger partial charge in [0.1, 0.15) is 5.60 Å². The van der Waals surface area contributed by atoms with E-state index in [-0.39, 0.29) is 19.6 Å². The largest absolute Gasteiger partial charge is 0.471 e. The SMILES string of the molecule is CC(C)(C)OC(=O)c1ccc(N2CCN(C(=O)C(F)(F)F)CC2N)cc1. The first-order valence-corrected chi connectivity index (χ1v) is 8.10. The normalized spacial score (nSPS) is 18.7. The van der Waals surface area contributed by atoms with E-state index in [2.05, 4.69) is 0 Å². The van der Waals surface area contributed by atoms with Gasteiger partial charge >= 0.3 is 18.1 Å². The summed E-state index contributed by atoms with van der Waals surface area (Å²) in [6.07, 6.45) is -5.68. The van der Waals surface area contributed by atoms with Gasteiger partial charge in [0.15, 0.2) is 0 Å². The molecule has 1 aromatic rings. The minimum absolute atomic E-state index is 0.0835. The minimum Gasteiger partial charge on any atom is -0.456 e. The van der Waals surface area contributed by atoms with Crippen molar-refractivity contribution in [2.24, 2.45) is 5.73 Å². The number of nitrogens with two attached hydrogens (primary N) is 1. The quantitative estimate of drug-likeness (QED) is 0.804. The fourth-order valence-electron chi connectivity index (χ4n) is 2.62. The highest BCUT2D eigenvalue weighted by atomic mass is 19.4. The number of piperazine rings is 1. The van der Waals surface area contributed by atoms with Crippen molar-refractivity contribution in [1.82, 2.24) is 4.90 Å². The van der Waals surface area contributed by atoms with E-state index in [0.29, 0.717) is 16.2 Å². The van der Waals surface area contributed by atoms with Crippen molar-refractivity contribution in [3.05, 3.63) is 29.8 Å². The number of carbonyl (C=O) groups is 2. The summed E-state index contributed by atoms with van der Waals surface area (Å²) >= 11 is 0. The van der Waals surface area contributed by atoms with Crippen LogP contribution in [0.4, 0.5) is 18.9 Å². The van der Waals surface area contributed by atoms with Crippen molar-refractivity contribution in [1.29, 1.82) is 0 Å². The third-order valence-electron chi connectivity index (χ3n) is 3.78. The molecule has 26 heavy (non-hydrogen) atoms. The first-order valence-electron chi connectivity index (χ1n) is 8.10. The van der Waals surface area contributed by atoms with Crippen molar-refractivity contribution >= 4 is 17.6 Å². The molecule has 0 saturated carbocycles. The molecular formula is C17H22F3N3O3. The molecule has 1 aliphatic rings. The van der Waals surface area contributed by atoms with Crippen LogP contribution in [0.25, 0.3) is 0 Å². The lowest BCUT2D eigenvalue weighted by molar-refractivity contribution is -0.186. The number of amides is 1. The van der Waals surface area contributed by atoms with Crippen molar-refractivity contribution in [2.45, 2.75) is 38.7 Å². The molecule has 1 heterocycles. The molecule has 0 bridgehead atoms. The lowest BCUT2D eigenvalue weighted by atomic mass is 10.1. The molecule has 1 saturated heterocycles. The maximum Gasteiger partial charge on any atom is 0.471 e. The second-order valence-corrected chi connectivity index (χ2v) is 7.06. The van der Waals surface area contributed by atoms with Crippen molar-refractivity contribution in [2.75, 3.05) is 24.5 Å². The summed E-state index contributed by atoms with van der Waals surface area (Å²) in [6, 6.07) is 6.45. The Balaban J connectivity index is 2.04. The second-order valence-electron chi connectivity index (χ2n) is 7.06. The van der Waals surface area contributed by atoms with E-state index >= 15 is 0 Å². The molecule has 0 spiro atoms. The molecule has 144 valence electrons. The number of halogens is 3. The molecule has 1 unspecified atom stereocenters. The number of benzene rings is 1. The van der Waals surface area contributed by atoms with Gasteiger partial charge in [0.25, 0.3) is 0 Å². The predicted octanol–water partition coefficient (Wildman–Crippen LogP) is 2.14. The lowest BCUT2D eigenvalue weighted by Crippen LogP contribution is -2.60. The third-order valence-corrected chi connectivity index (χ3v) is 3.78. The highest BCUT2D eigenvalue weighted by Gasteiger charge is 2.44. The number of alkyl halides is 3. The zero-order valence-corrected chi connectivity index (χ0v) is 14.8. The standard InChI is InChI=1S/C17H22F3N3O3/c1-16(2,3)26-14(24)11-4-6-12(7-5-11)23-9-8-22(10-13(23)21)15(25)17(18,19)20/h4-7,13H,8-10,21H2,1-3H3. The summed E-state index contributed by atoms with van der Waals surface area (Å²) in [7, 11) is 0. The summed E-state index contributed by atoms with van der Waals surface area (Å²) in [6.45, 7) is 5.14. The number of hydrogen-bond donors (Lipinski definition) is 1. The van der Waals surface area contributed by atoms with Gasteiger partial charge in [-0.15, -0.1) is 0 Å². The van der Waals surface area contributed by atoms with Gasteiger partial charge in [-0.3, -0.25) is 4.79 Å². The van der Waals surface area contributed by atoms with Crippen LogP contribution in [0.15, 0.2) is 24.3 Å². The summed E-state index contributed by atoms with van der Waals surface area (Å²) in [4.78, 5) is 25.7. The maximum atomic E-state index is 12.5. The Morgan fingerprint density at radius 2 is 1.69 bits per heavy atom. The van der Waals surface area contributed by atoms with E-state index in [0.717, 1.165) is 0 Å². The molecule has 2 rings (SSSR count). The Bertz CT molecular complexity index is 669. The summed E-state index contributed by atoms with van der Waals surface area (Å²) < 4.78 is 42.9. The molecule has 9 heteroatoms. The first-order chi connectivity index (χ1) is 11.9. The molecular weight excluding hydrogens is 351 g/mol. The summed E-state index contributed by atoms with van der Waals surface area (Å²) in [5.41, 5.74) is 6.35. The van der Waals surface area contributed by atoms with Crippen LogP contribution in [0.1, 0.15) is 31.1 Å². The number of anilines is 1. The van der Waals surface area contributed by atoms with E-state index in [4.69, 9.17) is 10.5 Å². The molecule has 0 radical (unpaired) electrons. The van der Waals surface area contributed by atoms with Crippen LogP contribution in [0.5, 0.6) is 0 Å². The smallest absolute Gasteiger partial charge is 0.456 e. The molecule has 0 aliphatic carbocycles. The Morgan fingerprint density at radius 1 is 1.12 bits per heavy atom. The van der Waals surface area contributed by atoms with Gasteiger partial charge in [-0.25, -0.2) is 4.79 Å². The molecule has 0 aromatic heterocycles. The monoisotopic (exact) mass is 373 g/mol. The van der Waals surface area contributed by atoms with Crippen LogP contribution >= 0.6 is 0 Å². The molecule has 1 amide bonds. The third kappa shape index (κ3) is 4.87. The first kappa shape index (κ1) is 20.0. The van der Waals surface area contributed by atoms with Gasteiger partial charge in [0.2, 0.25) is 0 Å². The Hall–Kier alpha value is -2.29. The maximum absolute atomic E-state index is 12.5. The average Bonchev–Trinajstić information content (AvgIpc) is 2.51. The van der Waals surface area contributed by atoms with E-state index in [1.54, 1.807) is 49.9 Å². The molecule has 1 fully saturated rings. The number of carbonyl (C=O) groups excluding carboxylic acids is 2. The highest BCUT2D eigenvalue weighted by molar-refractivity contribution is 5.90. The second kappa shape index (κ2) is 7.14. The van der Waals surface area contributed by atoms with Crippen molar-refractivity contribution < 1.29 is 27.5 Å². The molecule has 1 aromatic carbocycles. The van der Waals surface area contributed by atoms with Crippen molar-refractivity contribution in [3.63, 3.8) is 0 Å². The van der Waals surface area contributed by atoms with Gasteiger partial charge in [-0.05, 0) is 45.0 Å². The van der Waals surface area contributed by atoms with Gasteiger partial charge in [0.05, 0.1) is 18.3 Å². The number of ether oxygens (including phenoxy) is 1. The predicted molar refractivity (Wildman–Crippen MR) is 89.6 cm³/mol. The van der Waals surface area contributed by atoms with Crippen molar-refractivity contribution in [3.8, 4) is 0 Å². The van der Waals surface area contributed by atoms with Gasteiger partial charge in [-0.2, -0.15) is 13.2 Å². The Morgan fingerprint density at radius 3 is 2.15 bits per heavy atom. The zero-order chi connectivity index (χ0) is 19.7. The number of rotatable bonds is 2. The molecule has 6 nitrogen and oxygen atoms in total. The van der Waals surface area contributed by atoms with Crippen LogP contribution in [0.2, 0.25) is 0 Å². The van der Waals surface area contributed by atoms with E-state index in [1.165, 1.54) is 0 Å². The lowest BCUT2D eigenvalue weighted by Gasteiger charge is -2.41. The number of esters is 1. The van der Waals surface area contributed by atoms with Gasteiger partial charge in [0, 0.05) is 18.8 Å². The van der Waals surface area contributed by atoms with Gasteiger partial charge in [-0.1, -0.05) is 0 Å². The van der Waals surface area contributed by atoms with Gasteiger partial charge < -0.3 is 20.3 Å². The Labute approximate surface area is 149 Å². The topological polar surface area (TPSA) is 75.9 Å². The molecule has 2 N–H and O–H groups in total. The highest BCUT2D eigenvalue weighted by Crippen LogP contribution is 2.24. The van der Waals surface area contributed by atoms with E-state index in [9.17, 15) is 22.8 Å².